The summed E-state index contributed by atoms with van der Waals surface area (Å²) in [6.07, 6.45) is 3.50. The number of benzene rings is 1. The molecular formula is C16H21N3O2. The molecule has 112 valence electrons. The van der Waals surface area contributed by atoms with Gasteiger partial charge in [0.2, 0.25) is 5.91 Å². The molecule has 3 amide bonds. The number of nitrogens with zero attached hydrogens (tertiary/aromatic N) is 1. The zero-order valence-corrected chi connectivity index (χ0v) is 12.3. The van der Waals surface area contributed by atoms with Crippen LogP contribution in [0.1, 0.15) is 31.7 Å². The minimum atomic E-state index is -0.417. The fraction of sp³-hybridized carbons (Fsp3) is 0.500. The molecule has 2 aliphatic rings. The lowest BCUT2D eigenvalue weighted by Gasteiger charge is -2.25. The van der Waals surface area contributed by atoms with Crippen LogP contribution in [0.15, 0.2) is 24.3 Å². The van der Waals surface area contributed by atoms with Crippen molar-refractivity contribution < 1.29 is 9.59 Å². The van der Waals surface area contributed by atoms with Crippen molar-refractivity contribution >= 4 is 17.6 Å². The van der Waals surface area contributed by atoms with Crippen LogP contribution >= 0.6 is 0 Å². The summed E-state index contributed by atoms with van der Waals surface area (Å²) in [5.74, 6) is -0.0685. The van der Waals surface area contributed by atoms with Crippen molar-refractivity contribution in [3.8, 4) is 0 Å². The fourth-order valence-electron chi connectivity index (χ4n) is 3.17. The van der Waals surface area contributed by atoms with Gasteiger partial charge in [0.05, 0.1) is 0 Å². The third-order valence-electron chi connectivity index (χ3n) is 4.26. The Morgan fingerprint density at radius 2 is 2.14 bits per heavy atom. The van der Waals surface area contributed by atoms with Crippen LogP contribution < -0.4 is 15.5 Å². The van der Waals surface area contributed by atoms with Crippen molar-refractivity contribution in [1.29, 1.82) is 0 Å². The summed E-state index contributed by atoms with van der Waals surface area (Å²) in [5, 5.41) is 5.75. The first kappa shape index (κ1) is 13.9. The van der Waals surface area contributed by atoms with Crippen molar-refractivity contribution in [3.63, 3.8) is 0 Å². The average Bonchev–Trinajstić information content (AvgIpc) is 2.67. The van der Waals surface area contributed by atoms with Gasteiger partial charge in [0.25, 0.3) is 0 Å². The molecule has 2 aliphatic heterocycles. The van der Waals surface area contributed by atoms with Gasteiger partial charge >= 0.3 is 6.03 Å². The predicted molar refractivity (Wildman–Crippen MR) is 81.3 cm³/mol. The maximum Gasteiger partial charge on any atom is 0.322 e. The quantitative estimate of drug-likeness (QED) is 0.827. The van der Waals surface area contributed by atoms with Crippen molar-refractivity contribution in [2.75, 3.05) is 11.4 Å². The number of nitrogens with one attached hydrogen (secondary N) is 2. The zero-order chi connectivity index (χ0) is 14.8. The van der Waals surface area contributed by atoms with Crippen molar-refractivity contribution in [1.82, 2.24) is 10.6 Å². The Hall–Kier alpha value is -2.04. The SMILES string of the molecule is C[C@@H]1Cc2ccccc2N1C(=O)N[C@@H]1CCCCNC1=O. The second-order valence-electron chi connectivity index (χ2n) is 5.84. The lowest BCUT2D eigenvalue weighted by molar-refractivity contribution is -0.122. The molecule has 5 heteroatoms. The molecule has 0 unspecified atom stereocenters. The van der Waals surface area contributed by atoms with Crippen LogP contribution in [0.5, 0.6) is 0 Å². The maximum absolute atomic E-state index is 12.6. The van der Waals surface area contributed by atoms with E-state index in [-0.39, 0.29) is 18.0 Å². The number of fused-ring (bicyclic) bond motifs is 1. The highest BCUT2D eigenvalue weighted by Gasteiger charge is 2.33. The topological polar surface area (TPSA) is 61.4 Å². The van der Waals surface area contributed by atoms with Crippen LogP contribution in [-0.2, 0) is 11.2 Å². The van der Waals surface area contributed by atoms with Crippen molar-refractivity contribution in [2.24, 2.45) is 0 Å². The molecule has 1 aromatic carbocycles. The van der Waals surface area contributed by atoms with E-state index in [1.807, 2.05) is 25.1 Å². The van der Waals surface area contributed by atoms with Gasteiger partial charge in [0, 0.05) is 18.3 Å². The van der Waals surface area contributed by atoms with Gasteiger partial charge in [-0.1, -0.05) is 18.2 Å². The van der Waals surface area contributed by atoms with Crippen LogP contribution in [0.2, 0.25) is 0 Å². The minimum absolute atomic E-state index is 0.0685. The molecule has 2 heterocycles. The van der Waals surface area contributed by atoms with Crippen LogP contribution in [0.3, 0.4) is 0 Å². The van der Waals surface area contributed by atoms with Gasteiger partial charge in [-0.05, 0) is 44.2 Å². The molecule has 21 heavy (non-hydrogen) atoms. The van der Waals surface area contributed by atoms with E-state index in [0.717, 1.165) is 24.9 Å². The van der Waals surface area contributed by atoms with Gasteiger partial charge < -0.3 is 10.6 Å². The van der Waals surface area contributed by atoms with Crippen molar-refractivity contribution in [3.05, 3.63) is 29.8 Å². The lowest BCUT2D eigenvalue weighted by Crippen LogP contribution is -2.52. The number of amides is 3. The maximum atomic E-state index is 12.6. The standard InChI is InChI=1S/C16H21N3O2/c1-11-10-12-6-2-3-8-14(12)19(11)16(21)18-13-7-4-5-9-17-15(13)20/h2-3,6,8,11,13H,4-5,7,9-10H2,1H3,(H,17,20)(H,18,21)/t11-,13-/m1/s1. The second kappa shape index (κ2) is 5.76. The average molecular weight is 287 g/mol. The second-order valence-corrected chi connectivity index (χ2v) is 5.84. The van der Waals surface area contributed by atoms with Crippen LogP contribution in [0.4, 0.5) is 10.5 Å². The summed E-state index contributed by atoms with van der Waals surface area (Å²) in [6, 6.07) is 7.48. The van der Waals surface area contributed by atoms with E-state index < -0.39 is 6.04 Å². The smallest absolute Gasteiger partial charge is 0.322 e. The van der Waals surface area contributed by atoms with E-state index in [1.54, 1.807) is 4.90 Å². The highest BCUT2D eigenvalue weighted by Crippen LogP contribution is 2.31. The Bertz CT molecular complexity index is 558. The van der Waals surface area contributed by atoms with Gasteiger partial charge in [-0.15, -0.1) is 0 Å². The van der Waals surface area contributed by atoms with Gasteiger partial charge in [-0.25, -0.2) is 4.79 Å². The Labute approximate surface area is 124 Å². The summed E-state index contributed by atoms with van der Waals surface area (Å²) in [7, 11) is 0. The number of rotatable bonds is 1. The summed E-state index contributed by atoms with van der Waals surface area (Å²) in [6.45, 7) is 2.74. The molecule has 0 spiro atoms. The molecule has 2 N–H and O–H groups in total. The van der Waals surface area contributed by atoms with E-state index in [9.17, 15) is 9.59 Å². The first-order valence-electron chi connectivity index (χ1n) is 7.62. The molecule has 0 aliphatic carbocycles. The predicted octanol–water partition coefficient (Wildman–Crippen LogP) is 1.82. The first-order valence-corrected chi connectivity index (χ1v) is 7.62. The molecule has 0 bridgehead atoms. The van der Waals surface area contributed by atoms with Gasteiger partial charge in [-0.3, -0.25) is 9.69 Å². The molecule has 0 radical (unpaired) electrons. The Balaban J connectivity index is 1.74. The molecule has 1 fully saturated rings. The number of anilines is 1. The number of para-hydroxylation sites is 1. The fourth-order valence-corrected chi connectivity index (χ4v) is 3.17. The summed E-state index contributed by atoms with van der Waals surface area (Å²) in [5.41, 5.74) is 2.14. The molecule has 1 aromatic rings. The van der Waals surface area contributed by atoms with Gasteiger partial charge in [0.15, 0.2) is 0 Å². The Kier molecular flexibility index (Phi) is 3.82. The lowest BCUT2D eigenvalue weighted by atomic mass is 10.1. The van der Waals surface area contributed by atoms with E-state index in [0.29, 0.717) is 13.0 Å². The van der Waals surface area contributed by atoms with E-state index in [1.165, 1.54) is 5.56 Å². The number of urea groups is 1. The monoisotopic (exact) mass is 287 g/mol. The molecule has 0 saturated carbocycles. The first-order chi connectivity index (χ1) is 10.2. The number of hydrogen-bond acceptors (Lipinski definition) is 2. The van der Waals surface area contributed by atoms with E-state index >= 15 is 0 Å². The Morgan fingerprint density at radius 1 is 1.33 bits per heavy atom. The summed E-state index contributed by atoms with van der Waals surface area (Å²) >= 11 is 0. The molecule has 2 atom stereocenters. The van der Waals surface area contributed by atoms with Crippen LogP contribution in [0, 0.1) is 0 Å². The Morgan fingerprint density at radius 3 is 3.00 bits per heavy atom. The van der Waals surface area contributed by atoms with E-state index in [4.69, 9.17) is 0 Å². The van der Waals surface area contributed by atoms with Gasteiger partial charge in [0.1, 0.15) is 6.04 Å². The third kappa shape index (κ3) is 2.73. The summed E-state index contributed by atoms with van der Waals surface area (Å²) < 4.78 is 0. The third-order valence-corrected chi connectivity index (χ3v) is 4.26. The molecule has 0 aromatic heterocycles. The van der Waals surface area contributed by atoms with Crippen molar-refractivity contribution in [2.45, 2.75) is 44.7 Å². The minimum Gasteiger partial charge on any atom is -0.354 e. The normalized spacial score (nSPS) is 25.0. The molecular weight excluding hydrogens is 266 g/mol. The van der Waals surface area contributed by atoms with Crippen LogP contribution in [-0.4, -0.2) is 30.6 Å². The zero-order valence-electron chi connectivity index (χ0n) is 12.3. The number of carbonyl (C=O) groups is 2. The largest absolute Gasteiger partial charge is 0.354 e. The number of carbonyl (C=O) groups excluding carboxylic acids is 2. The molecule has 5 nitrogen and oxygen atoms in total. The van der Waals surface area contributed by atoms with E-state index in [2.05, 4.69) is 16.7 Å². The highest BCUT2D eigenvalue weighted by atomic mass is 16.2. The summed E-state index contributed by atoms with van der Waals surface area (Å²) in [4.78, 5) is 26.3. The molecule has 3 rings (SSSR count). The number of hydrogen-bond donors (Lipinski definition) is 2. The molecule has 1 saturated heterocycles. The van der Waals surface area contributed by atoms with Gasteiger partial charge in [-0.2, -0.15) is 0 Å². The van der Waals surface area contributed by atoms with Crippen LogP contribution in [0.25, 0.3) is 0 Å². The highest BCUT2D eigenvalue weighted by molar-refractivity contribution is 5.97.